The molecular weight excluding hydrogens is 444 g/mol. The van der Waals surface area contributed by atoms with Gasteiger partial charge in [0.2, 0.25) is 0 Å². The minimum absolute atomic E-state index is 0.0239. The van der Waals surface area contributed by atoms with Crippen molar-refractivity contribution in [3.63, 3.8) is 0 Å². The van der Waals surface area contributed by atoms with Crippen LogP contribution in [0.5, 0.6) is 5.75 Å². The molecule has 2 aromatic carbocycles. The zero-order valence-corrected chi connectivity index (χ0v) is 18.5. The Morgan fingerprint density at radius 2 is 1.74 bits per heavy atom. The van der Waals surface area contributed by atoms with Gasteiger partial charge in [0.15, 0.2) is 0 Å². The molecule has 0 radical (unpaired) electrons. The Morgan fingerprint density at radius 3 is 2.35 bits per heavy atom. The van der Waals surface area contributed by atoms with Crippen molar-refractivity contribution < 1.29 is 34.3 Å². The Morgan fingerprint density at radius 1 is 1.06 bits per heavy atom. The van der Waals surface area contributed by atoms with Gasteiger partial charge in [-0.2, -0.15) is 0 Å². The Hall–Kier alpha value is -4.21. The summed E-state index contributed by atoms with van der Waals surface area (Å²) >= 11 is 0. The number of aliphatic hydroxyl groups is 1. The Balaban J connectivity index is 2.06. The van der Waals surface area contributed by atoms with E-state index in [2.05, 4.69) is 0 Å². The van der Waals surface area contributed by atoms with E-state index in [4.69, 9.17) is 9.84 Å². The van der Waals surface area contributed by atoms with Gasteiger partial charge in [0.25, 0.3) is 17.4 Å². The van der Waals surface area contributed by atoms with Gasteiger partial charge in [-0.15, -0.1) is 0 Å². The lowest BCUT2D eigenvalue weighted by molar-refractivity contribution is -0.385. The van der Waals surface area contributed by atoms with E-state index in [0.29, 0.717) is 25.0 Å². The summed E-state index contributed by atoms with van der Waals surface area (Å²) in [4.78, 5) is 49.0. The number of likely N-dealkylation sites (tertiary alicyclic amines) is 1. The maximum Gasteiger partial charge on any atom is 0.303 e. The summed E-state index contributed by atoms with van der Waals surface area (Å²) in [6.45, 7) is 0.0697. The van der Waals surface area contributed by atoms with E-state index in [9.17, 15) is 29.6 Å². The number of nitro groups is 1. The second kappa shape index (κ2) is 10.6. The number of carboxylic acid groups (broad SMARTS) is 1. The third-order valence-electron chi connectivity index (χ3n) is 5.62. The number of benzene rings is 2. The maximum atomic E-state index is 13.0. The lowest BCUT2D eigenvalue weighted by atomic mass is 9.94. The van der Waals surface area contributed by atoms with Crippen LogP contribution in [-0.4, -0.2) is 51.4 Å². The fraction of sp³-hybridized carbons (Fsp3) is 0.292. The Bertz CT molecular complexity index is 1140. The number of ketones is 1. The molecule has 0 saturated carbocycles. The first kappa shape index (κ1) is 24.4. The fourth-order valence-electron chi connectivity index (χ4n) is 3.96. The van der Waals surface area contributed by atoms with Gasteiger partial charge in [0.1, 0.15) is 11.5 Å². The number of nitro benzene ring substituents is 1. The van der Waals surface area contributed by atoms with Gasteiger partial charge in [-0.05, 0) is 43.2 Å². The average molecular weight is 468 g/mol. The maximum absolute atomic E-state index is 13.0. The van der Waals surface area contributed by atoms with Crippen LogP contribution in [0.25, 0.3) is 5.76 Å². The quantitative estimate of drug-likeness (QED) is 0.134. The van der Waals surface area contributed by atoms with Crippen LogP contribution in [0.15, 0.2) is 54.1 Å². The molecule has 10 nitrogen and oxygen atoms in total. The second-order valence-electron chi connectivity index (χ2n) is 7.74. The van der Waals surface area contributed by atoms with E-state index < -0.39 is 34.4 Å². The van der Waals surface area contributed by atoms with Crippen LogP contribution in [-0.2, 0) is 14.4 Å². The van der Waals surface area contributed by atoms with Crippen LogP contribution in [0.4, 0.5) is 5.69 Å². The van der Waals surface area contributed by atoms with E-state index in [1.807, 2.05) is 0 Å². The summed E-state index contributed by atoms with van der Waals surface area (Å²) in [6.07, 6.45) is 1.24. The first-order valence-electron chi connectivity index (χ1n) is 10.6. The molecule has 1 unspecified atom stereocenters. The number of methoxy groups -OCH3 is 1. The van der Waals surface area contributed by atoms with Crippen LogP contribution < -0.4 is 4.74 Å². The highest BCUT2D eigenvalue weighted by Crippen LogP contribution is 2.42. The smallest absolute Gasteiger partial charge is 0.303 e. The number of unbranched alkanes of at least 4 members (excludes halogenated alkanes) is 2. The van der Waals surface area contributed by atoms with E-state index in [1.54, 1.807) is 18.2 Å². The molecule has 2 N–H and O–H groups in total. The molecule has 1 amide bonds. The predicted octanol–water partition coefficient (Wildman–Crippen LogP) is 3.67. The van der Waals surface area contributed by atoms with Gasteiger partial charge in [-0.1, -0.05) is 18.6 Å². The number of para-hydroxylation sites is 1. The molecule has 34 heavy (non-hydrogen) atoms. The van der Waals surface area contributed by atoms with E-state index in [-0.39, 0.29) is 35.4 Å². The molecule has 1 heterocycles. The number of aliphatic carboxylic acids is 1. The normalized spacial score (nSPS) is 17.1. The third-order valence-corrected chi connectivity index (χ3v) is 5.62. The number of aliphatic hydroxyl groups excluding tert-OH is 1. The molecule has 10 heteroatoms. The van der Waals surface area contributed by atoms with Crippen molar-refractivity contribution in [1.82, 2.24) is 4.90 Å². The zero-order valence-electron chi connectivity index (χ0n) is 18.5. The van der Waals surface area contributed by atoms with Gasteiger partial charge in [0.05, 0.1) is 29.2 Å². The molecule has 1 aliphatic rings. The number of nitrogens with zero attached hydrogens (tertiary/aromatic N) is 2. The molecule has 0 aromatic heterocycles. The molecule has 0 spiro atoms. The van der Waals surface area contributed by atoms with Gasteiger partial charge in [-0.25, -0.2) is 0 Å². The van der Waals surface area contributed by atoms with E-state index >= 15 is 0 Å². The van der Waals surface area contributed by atoms with Gasteiger partial charge >= 0.3 is 5.97 Å². The number of amides is 1. The number of ether oxygens (including phenoxy) is 1. The predicted molar refractivity (Wildman–Crippen MR) is 121 cm³/mol. The Labute approximate surface area is 195 Å². The SMILES string of the molecule is COc1ccc(C(O)=C2C(=O)C(=O)N(CCCCCC(=O)O)C2c2ccccc2[N+](=O)[O-])cc1. The van der Waals surface area contributed by atoms with Crippen molar-refractivity contribution in [3.8, 4) is 5.75 Å². The van der Waals surface area contributed by atoms with Crippen LogP contribution in [0.3, 0.4) is 0 Å². The van der Waals surface area contributed by atoms with E-state index in [0.717, 1.165) is 0 Å². The second-order valence-corrected chi connectivity index (χ2v) is 7.74. The molecule has 1 fully saturated rings. The molecule has 1 atom stereocenters. The first-order chi connectivity index (χ1) is 16.3. The highest BCUT2D eigenvalue weighted by atomic mass is 16.6. The summed E-state index contributed by atoms with van der Waals surface area (Å²) in [5, 5.41) is 31.5. The Kier molecular flexibility index (Phi) is 7.62. The minimum Gasteiger partial charge on any atom is -0.507 e. The van der Waals surface area contributed by atoms with Gasteiger partial charge in [0, 0.05) is 24.6 Å². The molecule has 0 bridgehead atoms. The lowest BCUT2D eigenvalue weighted by Crippen LogP contribution is -2.31. The van der Waals surface area contributed by atoms with Crippen molar-refractivity contribution in [2.75, 3.05) is 13.7 Å². The van der Waals surface area contributed by atoms with Crippen molar-refractivity contribution in [3.05, 3.63) is 75.3 Å². The number of carbonyl (C=O) groups is 3. The van der Waals surface area contributed by atoms with Crippen LogP contribution in [0.2, 0.25) is 0 Å². The highest BCUT2D eigenvalue weighted by molar-refractivity contribution is 6.46. The monoisotopic (exact) mass is 468 g/mol. The molecule has 2 aromatic rings. The molecule has 1 aliphatic heterocycles. The average Bonchev–Trinajstić information content (AvgIpc) is 3.08. The number of Topliss-reactive ketones (excluding diaryl/α,β-unsaturated/α-hetero) is 1. The summed E-state index contributed by atoms with van der Waals surface area (Å²) in [7, 11) is 1.48. The zero-order chi connectivity index (χ0) is 24.8. The van der Waals surface area contributed by atoms with Gasteiger partial charge in [-0.3, -0.25) is 24.5 Å². The van der Waals surface area contributed by atoms with Crippen LogP contribution >= 0.6 is 0 Å². The van der Waals surface area contributed by atoms with Crippen molar-refractivity contribution in [2.45, 2.75) is 31.7 Å². The largest absolute Gasteiger partial charge is 0.507 e. The first-order valence-corrected chi connectivity index (χ1v) is 10.6. The number of carboxylic acids is 1. The summed E-state index contributed by atoms with van der Waals surface area (Å²) in [5.74, 6) is -2.68. The third kappa shape index (κ3) is 5.06. The summed E-state index contributed by atoms with van der Waals surface area (Å²) in [6, 6.07) is 10.8. The standard InChI is InChI=1S/C24H24N2O8/c1-34-16-12-10-15(11-13-16)22(29)20-21(17-7-4-5-8-18(17)26(32)33)25(24(31)23(20)30)14-6-2-3-9-19(27)28/h4-5,7-8,10-13,21,29H,2-3,6,9,14H2,1H3,(H,27,28). The molecule has 3 rings (SSSR count). The van der Waals surface area contributed by atoms with Crippen molar-refractivity contribution >= 4 is 29.1 Å². The van der Waals surface area contributed by atoms with E-state index in [1.165, 1.54) is 42.3 Å². The molecule has 0 aliphatic carbocycles. The topological polar surface area (TPSA) is 147 Å². The van der Waals surface area contributed by atoms with Crippen LogP contribution in [0, 0.1) is 10.1 Å². The number of rotatable bonds is 10. The lowest BCUT2D eigenvalue weighted by Gasteiger charge is -2.25. The number of hydrogen-bond acceptors (Lipinski definition) is 7. The fourth-order valence-corrected chi connectivity index (χ4v) is 3.96. The number of carbonyl (C=O) groups excluding carboxylic acids is 2. The summed E-state index contributed by atoms with van der Waals surface area (Å²) in [5.41, 5.74) is -0.169. The molecular formula is C24H24N2O8. The van der Waals surface area contributed by atoms with Gasteiger partial charge < -0.3 is 19.8 Å². The highest BCUT2D eigenvalue weighted by Gasteiger charge is 2.47. The van der Waals surface area contributed by atoms with Crippen LogP contribution in [0.1, 0.15) is 42.9 Å². The minimum atomic E-state index is -1.16. The number of hydrogen-bond donors (Lipinski definition) is 2. The van der Waals surface area contributed by atoms with Crippen molar-refractivity contribution in [1.29, 1.82) is 0 Å². The summed E-state index contributed by atoms with van der Waals surface area (Å²) < 4.78 is 5.10. The van der Waals surface area contributed by atoms with Crippen molar-refractivity contribution in [2.24, 2.45) is 0 Å². The molecule has 178 valence electrons. The molecule has 1 saturated heterocycles.